The summed E-state index contributed by atoms with van der Waals surface area (Å²) in [4.78, 5) is 14.5. The molecule has 0 saturated carbocycles. The highest BCUT2D eigenvalue weighted by Crippen LogP contribution is 2.13. The molecule has 0 aromatic heterocycles. The summed E-state index contributed by atoms with van der Waals surface area (Å²) >= 11 is 0. The molecule has 0 aliphatic heterocycles. The fourth-order valence-electron chi connectivity index (χ4n) is 2.18. The van der Waals surface area contributed by atoms with Crippen molar-refractivity contribution < 1.29 is 9.00 Å². The molecule has 0 spiro atoms. The molecular formula is C18H23N3O2S. The van der Waals surface area contributed by atoms with Gasteiger partial charge in [-0.05, 0) is 36.8 Å². The third kappa shape index (κ3) is 5.70. The second kappa shape index (κ2) is 9.08. The van der Waals surface area contributed by atoms with Crippen molar-refractivity contribution in [2.75, 3.05) is 37.0 Å². The standard InChI is InChI=1S/C18H23N3O2S/c1-21(13-7-12-19-15-8-4-3-5-9-15)18(22)20-16-10-6-11-17(14-16)24(2)23/h3-6,8-11,14,19H,7,12-13H2,1-2H3,(H,20,22)/t24-/m0/s1. The molecule has 24 heavy (non-hydrogen) atoms. The number of carbonyl (C=O) groups excluding carboxylic acids is 1. The van der Waals surface area contributed by atoms with Crippen LogP contribution in [0.2, 0.25) is 0 Å². The molecule has 0 heterocycles. The van der Waals surface area contributed by atoms with Crippen LogP contribution in [0.3, 0.4) is 0 Å². The lowest BCUT2D eigenvalue weighted by Crippen LogP contribution is -2.32. The number of nitrogens with one attached hydrogen (secondary N) is 2. The van der Waals surface area contributed by atoms with E-state index in [2.05, 4.69) is 10.6 Å². The molecular weight excluding hydrogens is 322 g/mol. The van der Waals surface area contributed by atoms with Gasteiger partial charge >= 0.3 is 6.03 Å². The topological polar surface area (TPSA) is 61.4 Å². The minimum atomic E-state index is -1.06. The summed E-state index contributed by atoms with van der Waals surface area (Å²) < 4.78 is 11.5. The third-order valence-corrected chi connectivity index (χ3v) is 4.45. The molecule has 0 aliphatic rings. The van der Waals surface area contributed by atoms with Crippen molar-refractivity contribution in [3.05, 3.63) is 54.6 Å². The lowest BCUT2D eigenvalue weighted by molar-refractivity contribution is 0.222. The molecule has 5 nitrogen and oxygen atoms in total. The Balaban J connectivity index is 1.76. The molecule has 0 bridgehead atoms. The van der Waals surface area contributed by atoms with Crippen molar-refractivity contribution in [2.24, 2.45) is 0 Å². The van der Waals surface area contributed by atoms with Crippen molar-refractivity contribution >= 4 is 28.2 Å². The van der Waals surface area contributed by atoms with Crippen LogP contribution in [0.4, 0.5) is 16.2 Å². The first-order valence-corrected chi connectivity index (χ1v) is 9.36. The second-order valence-electron chi connectivity index (χ2n) is 5.48. The Morgan fingerprint density at radius 2 is 1.79 bits per heavy atom. The first kappa shape index (κ1) is 18.0. The van der Waals surface area contributed by atoms with E-state index in [0.717, 1.165) is 18.7 Å². The van der Waals surface area contributed by atoms with Gasteiger partial charge in [0.1, 0.15) is 0 Å². The maximum Gasteiger partial charge on any atom is 0.321 e. The normalized spacial score (nSPS) is 11.6. The zero-order valence-electron chi connectivity index (χ0n) is 14.0. The highest BCUT2D eigenvalue weighted by Gasteiger charge is 2.09. The van der Waals surface area contributed by atoms with Gasteiger partial charge in [0.05, 0.1) is 0 Å². The molecule has 2 aromatic rings. The number of amides is 2. The van der Waals surface area contributed by atoms with Crippen LogP contribution in [-0.4, -0.2) is 41.5 Å². The maximum atomic E-state index is 12.2. The molecule has 128 valence electrons. The van der Waals surface area contributed by atoms with Gasteiger partial charge in [0.2, 0.25) is 0 Å². The summed E-state index contributed by atoms with van der Waals surface area (Å²) in [5.41, 5.74) is 1.73. The van der Waals surface area contributed by atoms with Gasteiger partial charge in [0.25, 0.3) is 0 Å². The quantitative estimate of drug-likeness (QED) is 0.756. The Morgan fingerprint density at radius 1 is 1.08 bits per heavy atom. The van der Waals surface area contributed by atoms with Crippen LogP contribution in [0.5, 0.6) is 0 Å². The maximum absolute atomic E-state index is 12.2. The number of anilines is 2. The SMILES string of the molecule is CN(CCCNc1ccccc1)C(=O)Nc1cccc([S@](C)=O)c1. The number of para-hydroxylation sites is 1. The Bertz CT molecular complexity index is 692. The molecule has 0 radical (unpaired) electrons. The molecule has 2 amide bonds. The van der Waals surface area contributed by atoms with Gasteiger partial charge in [-0.15, -0.1) is 0 Å². The molecule has 0 saturated heterocycles. The van der Waals surface area contributed by atoms with Gasteiger partial charge in [-0.1, -0.05) is 24.3 Å². The number of carbonyl (C=O) groups is 1. The zero-order valence-corrected chi connectivity index (χ0v) is 14.8. The number of rotatable bonds is 7. The number of urea groups is 1. The lowest BCUT2D eigenvalue weighted by Gasteiger charge is -2.18. The average molecular weight is 345 g/mol. The Kier molecular flexibility index (Phi) is 6.81. The Hall–Kier alpha value is -2.34. The van der Waals surface area contributed by atoms with E-state index in [1.807, 2.05) is 30.3 Å². The molecule has 6 heteroatoms. The molecule has 2 N–H and O–H groups in total. The monoisotopic (exact) mass is 345 g/mol. The van der Waals surface area contributed by atoms with E-state index in [-0.39, 0.29) is 6.03 Å². The van der Waals surface area contributed by atoms with Crippen molar-refractivity contribution in [3.8, 4) is 0 Å². The minimum Gasteiger partial charge on any atom is -0.385 e. The molecule has 0 aliphatic carbocycles. The average Bonchev–Trinajstić information content (AvgIpc) is 2.59. The summed E-state index contributed by atoms with van der Waals surface area (Å²) in [6.45, 7) is 1.44. The van der Waals surface area contributed by atoms with E-state index < -0.39 is 10.8 Å². The summed E-state index contributed by atoms with van der Waals surface area (Å²) in [5, 5.41) is 6.14. The predicted octanol–water partition coefficient (Wildman–Crippen LogP) is 3.39. The molecule has 1 atom stereocenters. The summed E-state index contributed by atoms with van der Waals surface area (Å²) in [6.07, 6.45) is 2.46. The van der Waals surface area contributed by atoms with Gasteiger partial charge in [0, 0.05) is 53.5 Å². The van der Waals surface area contributed by atoms with Gasteiger partial charge in [-0.2, -0.15) is 0 Å². The van der Waals surface area contributed by atoms with E-state index in [1.54, 1.807) is 42.5 Å². The first-order valence-electron chi connectivity index (χ1n) is 7.81. The Labute approximate surface area is 145 Å². The third-order valence-electron chi connectivity index (χ3n) is 3.54. The summed E-state index contributed by atoms with van der Waals surface area (Å²) in [7, 11) is 0.701. The summed E-state index contributed by atoms with van der Waals surface area (Å²) in [6, 6.07) is 16.9. The smallest absolute Gasteiger partial charge is 0.321 e. The number of hydrogen-bond acceptors (Lipinski definition) is 3. The van der Waals surface area contributed by atoms with Crippen molar-refractivity contribution in [3.63, 3.8) is 0 Å². The van der Waals surface area contributed by atoms with Crippen LogP contribution >= 0.6 is 0 Å². The van der Waals surface area contributed by atoms with Gasteiger partial charge < -0.3 is 15.5 Å². The van der Waals surface area contributed by atoms with E-state index in [9.17, 15) is 9.00 Å². The molecule has 0 unspecified atom stereocenters. The van der Waals surface area contributed by atoms with Gasteiger partial charge in [-0.25, -0.2) is 4.79 Å². The molecule has 2 aromatic carbocycles. The predicted molar refractivity (Wildman–Crippen MR) is 100.0 cm³/mol. The van der Waals surface area contributed by atoms with Gasteiger partial charge in [-0.3, -0.25) is 4.21 Å². The Morgan fingerprint density at radius 3 is 2.50 bits per heavy atom. The summed E-state index contributed by atoms with van der Waals surface area (Å²) in [5.74, 6) is 0. The molecule has 0 fully saturated rings. The molecule has 2 rings (SSSR count). The van der Waals surface area contributed by atoms with E-state index in [4.69, 9.17) is 0 Å². The highest BCUT2D eigenvalue weighted by atomic mass is 32.2. The number of nitrogens with zero attached hydrogens (tertiary/aromatic N) is 1. The van der Waals surface area contributed by atoms with Gasteiger partial charge in [0.15, 0.2) is 0 Å². The van der Waals surface area contributed by atoms with E-state index in [0.29, 0.717) is 17.1 Å². The van der Waals surface area contributed by atoms with Crippen LogP contribution < -0.4 is 10.6 Å². The highest BCUT2D eigenvalue weighted by molar-refractivity contribution is 7.84. The largest absolute Gasteiger partial charge is 0.385 e. The fraction of sp³-hybridized carbons (Fsp3) is 0.278. The number of hydrogen-bond donors (Lipinski definition) is 2. The van der Waals surface area contributed by atoms with Crippen molar-refractivity contribution in [2.45, 2.75) is 11.3 Å². The van der Waals surface area contributed by atoms with Crippen LogP contribution in [0, 0.1) is 0 Å². The van der Waals surface area contributed by atoms with Crippen LogP contribution in [0.15, 0.2) is 59.5 Å². The van der Waals surface area contributed by atoms with Crippen LogP contribution in [0.1, 0.15) is 6.42 Å². The second-order valence-corrected chi connectivity index (χ2v) is 6.86. The van der Waals surface area contributed by atoms with Crippen molar-refractivity contribution in [1.82, 2.24) is 4.90 Å². The van der Waals surface area contributed by atoms with Crippen molar-refractivity contribution in [1.29, 1.82) is 0 Å². The van der Waals surface area contributed by atoms with E-state index >= 15 is 0 Å². The zero-order chi connectivity index (χ0) is 17.4. The fourth-order valence-corrected chi connectivity index (χ4v) is 2.74. The first-order chi connectivity index (χ1) is 11.6. The number of benzene rings is 2. The van der Waals surface area contributed by atoms with Crippen LogP contribution in [0.25, 0.3) is 0 Å². The van der Waals surface area contributed by atoms with E-state index in [1.165, 1.54) is 0 Å². The lowest BCUT2D eigenvalue weighted by atomic mass is 10.3. The van der Waals surface area contributed by atoms with Crippen LogP contribution in [-0.2, 0) is 10.8 Å². The minimum absolute atomic E-state index is 0.172.